The Morgan fingerprint density at radius 2 is 2.43 bits per heavy atom. The van der Waals surface area contributed by atoms with Gasteiger partial charge < -0.3 is 11.5 Å². The molecule has 38 valence electrons. The summed E-state index contributed by atoms with van der Waals surface area (Å²) in [4.78, 5) is 0. The van der Waals surface area contributed by atoms with E-state index in [-0.39, 0.29) is 6.54 Å². The SMILES string of the molecule is N#CC(=CN)CN. The molecule has 0 fully saturated rings. The van der Waals surface area contributed by atoms with Crippen LogP contribution in [0.4, 0.5) is 0 Å². The highest BCUT2D eigenvalue weighted by atomic mass is 14.6. The number of rotatable bonds is 1. The van der Waals surface area contributed by atoms with Crippen LogP contribution >= 0.6 is 0 Å². The average Bonchev–Trinajstić information content (AvgIpc) is 1.72. The molecule has 0 amide bonds. The van der Waals surface area contributed by atoms with Crippen LogP contribution < -0.4 is 11.5 Å². The van der Waals surface area contributed by atoms with E-state index >= 15 is 0 Å². The van der Waals surface area contributed by atoms with E-state index in [0.717, 1.165) is 0 Å². The lowest BCUT2D eigenvalue weighted by Gasteiger charge is -1.82. The molecule has 0 aliphatic heterocycles. The molecule has 0 atom stereocenters. The van der Waals surface area contributed by atoms with Crippen molar-refractivity contribution in [3.63, 3.8) is 0 Å². The molecule has 0 spiro atoms. The summed E-state index contributed by atoms with van der Waals surface area (Å²) in [6.45, 7) is 0.229. The van der Waals surface area contributed by atoms with Gasteiger partial charge in [0.15, 0.2) is 0 Å². The van der Waals surface area contributed by atoms with Crippen molar-refractivity contribution in [2.24, 2.45) is 11.5 Å². The van der Waals surface area contributed by atoms with Crippen LogP contribution in [0.15, 0.2) is 11.8 Å². The van der Waals surface area contributed by atoms with Gasteiger partial charge in [0, 0.05) is 12.7 Å². The van der Waals surface area contributed by atoms with Gasteiger partial charge in [0.25, 0.3) is 0 Å². The van der Waals surface area contributed by atoms with Gasteiger partial charge in [-0.3, -0.25) is 0 Å². The molecular weight excluding hydrogens is 90.1 g/mol. The molecule has 7 heavy (non-hydrogen) atoms. The fraction of sp³-hybridized carbons (Fsp3) is 0.250. The Hall–Kier alpha value is -1.01. The molecule has 3 nitrogen and oxygen atoms in total. The zero-order valence-corrected chi connectivity index (χ0v) is 3.89. The molecule has 0 aromatic rings. The van der Waals surface area contributed by atoms with E-state index in [9.17, 15) is 0 Å². The lowest BCUT2D eigenvalue weighted by atomic mass is 10.3. The van der Waals surface area contributed by atoms with Crippen molar-refractivity contribution in [3.8, 4) is 6.07 Å². The number of hydrogen-bond acceptors (Lipinski definition) is 3. The van der Waals surface area contributed by atoms with E-state index in [4.69, 9.17) is 16.7 Å². The molecule has 0 saturated heterocycles. The predicted octanol–water partition coefficient (Wildman–Crippen LogP) is -0.689. The number of nitriles is 1. The molecule has 0 heterocycles. The number of hydrogen-bond donors (Lipinski definition) is 2. The monoisotopic (exact) mass is 97.1 g/mol. The Kier molecular flexibility index (Phi) is 2.73. The van der Waals surface area contributed by atoms with Gasteiger partial charge in [0.2, 0.25) is 0 Å². The van der Waals surface area contributed by atoms with Crippen LogP contribution in [0.1, 0.15) is 0 Å². The molecule has 0 aromatic carbocycles. The number of nitrogens with two attached hydrogens (primary N) is 2. The minimum absolute atomic E-state index is 0.229. The quantitative estimate of drug-likeness (QED) is 0.425. The summed E-state index contributed by atoms with van der Waals surface area (Å²) in [5.74, 6) is 0. The Labute approximate surface area is 42.2 Å². The summed E-state index contributed by atoms with van der Waals surface area (Å²) in [5, 5.41) is 8.05. The maximum atomic E-state index is 8.05. The molecule has 0 radical (unpaired) electrons. The summed E-state index contributed by atoms with van der Waals surface area (Å²) in [6.07, 6.45) is 1.21. The topological polar surface area (TPSA) is 75.8 Å². The highest BCUT2D eigenvalue weighted by Crippen LogP contribution is 1.79. The lowest BCUT2D eigenvalue weighted by molar-refractivity contribution is 1.17. The third-order valence-corrected chi connectivity index (χ3v) is 0.565. The van der Waals surface area contributed by atoms with Crippen LogP contribution in [0.5, 0.6) is 0 Å². The van der Waals surface area contributed by atoms with Crippen LogP contribution in [0.3, 0.4) is 0 Å². The molecule has 0 bridgehead atoms. The van der Waals surface area contributed by atoms with Crippen molar-refractivity contribution in [2.45, 2.75) is 0 Å². The first-order valence-electron chi connectivity index (χ1n) is 1.86. The standard InChI is InChI=1S/C4H7N3/c5-1-4(2-6)3-7/h1H,2,5-6H2. The second-order valence-electron chi connectivity index (χ2n) is 1.01. The third-order valence-electron chi connectivity index (χ3n) is 0.565. The van der Waals surface area contributed by atoms with E-state index in [0.29, 0.717) is 5.57 Å². The Morgan fingerprint density at radius 1 is 1.86 bits per heavy atom. The van der Waals surface area contributed by atoms with Crippen molar-refractivity contribution >= 4 is 0 Å². The Morgan fingerprint density at radius 3 is 2.43 bits per heavy atom. The molecule has 0 saturated carbocycles. The summed E-state index contributed by atoms with van der Waals surface area (Å²) in [7, 11) is 0. The average molecular weight is 97.1 g/mol. The zero-order chi connectivity index (χ0) is 5.70. The van der Waals surface area contributed by atoms with Gasteiger partial charge in [-0.05, 0) is 0 Å². The zero-order valence-electron chi connectivity index (χ0n) is 3.89. The first-order chi connectivity index (χ1) is 3.35. The van der Waals surface area contributed by atoms with Crippen molar-refractivity contribution in [1.29, 1.82) is 5.26 Å². The van der Waals surface area contributed by atoms with Crippen LogP contribution in [-0.2, 0) is 0 Å². The maximum Gasteiger partial charge on any atom is 0.0975 e. The highest BCUT2D eigenvalue weighted by Gasteiger charge is 1.82. The Bertz CT molecular complexity index is 109. The fourth-order valence-corrected chi connectivity index (χ4v) is 0.151. The maximum absolute atomic E-state index is 8.05. The highest BCUT2D eigenvalue weighted by molar-refractivity contribution is 5.19. The van der Waals surface area contributed by atoms with Crippen molar-refractivity contribution in [1.82, 2.24) is 0 Å². The van der Waals surface area contributed by atoms with Crippen LogP contribution in [0.25, 0.3) is 0 Å². The van der Waals surface area contributed by atoms with Crippen molar-refractivity contribution in [2.75, 3.05) is 6.54 Å². The van der Waals surface area contributed by atoms with Crippen LogP contribution in [0, 0.1) is 11.3 Å². The third kappa shape index (κ3) is 1.79. The van der Waals surface area contributed by atoms with Gasteiger partial charge in [-0.2, -0.15) is 5.26 Å². The minimum Gasteiger partial charge on any atom is -0.404 e. The second-order valence-corrected chi connectivity index (χ2v) is 1.01. The molecular formula is C4H7N3. The Balaban J connectivity index is 3.68. The van der Waals surface area contributed by atoms with Crippen LogP contribution in [0.2, 0.25) is 0 Å². The van der Waals surface area contributed by atoms with E-state index in [2.05, 4.69) is 0 Å². The fourth-order valence-electron chi connectivity index (χ4n) is 0.151. The van der Waals surface area contributed by atoms with Gasteiger partial charge in [0.05, 0.1) is 11.6 Å². The molecule has 0 rings (SSSR count). The molecule has 4 N–H and O–H groups in total. The smallest absolute Gasteiger partial charge is 0.0975 e. The molecule has 0 aliphatic rings. The summed E-state index contributed by atoms with van der Waals surface area (Å²) in [6, 6.07) is 1.81. The largest absolute Gasteiger partial charge is 0.404 e. The molecule has 0 aromatic heterocycles. The summed E-state index contributed by atoms with van der Waals surface area (Å²) in [5.41, 5.74) is 10.4. The molecule has 0 unspecified atom stereocenters. The first kappa shape index (κ1) is 5.99. The first-order valence-corrected chi connectivity index (χ1v) is 1.86. The second kappa shape index (κ2) is 3.19. The minimum atomic E-state index is 0.229. The van der Waals surface area contributed by atoms with Gasteiger partial charge >= 0.3 is 0 Å². The number of nitrogens with zero attached hydrogens (tertiary/aromatic N) is 1. The lowest BCUT2D eigenvalue weighted by Crippen LogP contribution is -2.02. The van der Waals surface area contributed by atoms with E-state index in [1.165, 1.54) is 6.20 Å². The van der Waals surface area contributed by atoms with Gasteiger partial charge in [-0.25, -0.2) is 0 Å². The van der Waals surface area contributed by atoms with Gasteiger partial charge in [-0.1, -0.05) is 0 Å². The van der Waals surface area contributed by atoms with Crippen LogP contribution in [-0.4, -0.2) is 6.54 Å². The predicted molar refractivity (Wildman–Crippen MR) is 26.9 cm³/mol. The molecule has 3 heteroatoms. The van der Waals surface area contributed by atoms with Crippen molar-refractivity contribution in [3.05, 3.63) is 11.8 Å². The van der Waals surface area contributed by atoms with E-state index in [1.807, 2.05) is 6.07 Å². The summed E-state index contributed by atoms with van der Waals surface area (Å²) < 4.78 is 0. The molecule has 0 aliphatic carbocycles. The van der Waals surface area contributed by atoms with Gasteiger partial charge in [-0.15, -0.1) is 0 Å². The van der Waals surface area contributed by atoms with Gasteiger partial charge in [0.1, 0.15) is 0 Å². The van der Waals surface area contributed by atoms with Crippen molar-refractivity contribution < 1.29 is 0 Å². The van der Waals surface area contributed by atoms with E-state index < -0.39 is 0 Å². The van der Waals surface area contributed by atoms with E-state index in [1.54, 1.807) is 0 Å². The summed E-state index contributed by atoms with van der Waals surface area (Å²) >= 11 is 0. The normalized spacial score (nSPS) is 10.6.